The van der Waals surface area contributed by atoms with Crippen LogP contribution in [0.3, 0.4) is 0 Å². The number of furan rings is 1. The summed E-state index contributed by atoms with van der Waals surface area (Å²) in [5.41, 5.74) is 1.36. The van der Waals surface area contributed by atoms with Crippen LogP contribution in [0.2, 0.25) is 0 Å². The molecule has 2 heterocycles. The lowest BCUT2D eigenvalue weighted by molar-refractivity contribution is 0.0745. The van der Waals surface area contributed by atoms with Gasteiger partial charge in [-0.3, -0.25) is 4.79 Å². The molecule has 0 N–H and O–H groups in total. The third-order valence-corrected chi connectivity index (χ3v) is 4.26. The summed E-state index contributed by atoms with van der Waals surface area (Å²) in [6.07, 6.45) is 0. The molecule has 0 aliphatic carbocycles. The number of hydrogen-bond acceptors (Lipinski definition) is 4. The number of hydrogen-bond donors (Lipinski definition) is 0. The van der Waals surface area contributed by atoms with E-state index in [1.165, 1.54) is 6.07 Å². The van der Waals surface area contributed by atoms with Gasteiger partial charge in [-0.15, -0.1) is 0 Å². The van der Waals surface area contributed by atoms with Crippen molar-refractivity contribution in [3.8, 4) is 6.07 Å². The maximum absolute atomic E-state index is 14.1. The Bertz CT molecular complexity index is 814. The number of nitrogens with zero attached hydrogens (tertiary/aromatic N) is 3. The van der Waals surface area contributed by atoms with Crippen molar-refractivity contribution in [3.05, 3.63) is 52.7 Å². The van der Waals surface area contributed by atoms with Gasteiger partial charge in [0.25, 0.3) is 5.91 Å². The number of aryl methyl sites for hydroxylation is 2. The van der Waals surface area contributed by atoms with Crippen LogP contribution in [0.5, 0.6) is 0 Å². The number of rotatable bonds is 2. The molecule has 1 aromatic carbocycles. The van der Waals surface area contributed by atoms with E-state index >= 15 is 0 Å². The van der Waals surface area contributed by atoms with Gasteiger partial charge in [0.05, 0.1) is 22.9 Å². The maximum atomic E-state index is 14.1. The van der Waals surface area contributed by atoms with Crippen LogP contribution in [-0.4, -0.2) is 37.0 Å². The molecule has 1 fully saturated rings. The molecule has 124 valence electrons. The van der Waals surface area contributed by atoms with E-state index in [0.717, 1.165) is 0 Å². The molecule has 6 heteroatoms. The second kappa shape index (κ2) is 6.36. The van der Waals surface area contributed by atoms with Gasteiger partial charge in [0.1, 0.15) is 17.3 Å². The number of carbonyl (C=O) groups excluding carboxylic acids is 1. The van der Waals surface area contributed by atoms with Crippen LogP contribution in [0, 0.1) is 31.0 Å². The normalized spacial score (nSPS) is 14.6. The van der Waals surface area contributed by atoms with E-state index < -0.39 is 5.82 Å². The third kappa shape index (κ3) is 2.98. The van der Waals surface area contributed by atoms with E-state index in [2.05, 4.69) is 0 Å². The Balaban J connectivity index is 1.69. The monoisotopic (exact) mass is 327 g/mol. The van der Waals surface area contributed by atoms with Crippen molar-refractivity contribution in [2.45, 2.75) is 13.8 Å². The van der Waals surface area contributed by atoms with Gasteiger partial charge in [0, 0.05) is 26.2 Å². The molecular formula is C18H18FN3O2. The largest absolute Gasteiger partial charge is 0.466 e. The van der Waals surface area contributed by atoms with E-state index in [9.17, 15) is 9.18 Å². The number of benzene rings is 1. The van der Waals surface area contributed by atoms with E-state index in [1.54, 1.807) is 30.0 Å². The molecule has 1 aromatic heterocycles. The van der Waals surface area contributed by atoms with Gasteiger partial charge < -0.3 is 14.2 Å². The van der Waals surface area contributed by atoms with Crippen LogP contribution in [-0.2, 0) is 0 Å². The molecule has 1 amide bonds. The molecule has 0 spiro atoms. The van der Waals surface area contributed by atoms with Crippen molar-refractivity contribution in [1.82, 2.24) is 4.90 Å². The molecule has 0 unspecified atom stereocenters. The summed E-state index contributed by atoms with van der Waals surface area (Å²) in [7, 11) is 0. The van der Waals surface area contributed by atoms with Crippen LogP contribution in [0.1, 0.15) is 27.4 Å². The Hall–Kier alpha value is -2.81. The molecule has 0 atom stereocenters. The van der Waals surface area contributed by atoms with Crippen molar-refractivity contribution in [2.75, 3.05) is 31.1 Å². The zero-order chi connectivity index (χ0) is 17.3. The molecule has 1 aliphatic heterocycles. The average molecular weight is 327 g/mol. The summed E-state index contributed by atoms with van der Waals surface area (Å²) in [5, 5.41) is 8.81. The predicted octanol–water partition coefficient (Wildman–Crippen LogP) is 2.87. The Labute approximate surface area is 139 Å². The molecule has 24 heavy (non-hydrogen) atoms. The first-order chi connectivity index (χ1) is 11.5. The molecule has 3 rings (SSSR count). The van der Waals surface area contributed by atoms with Gasteiger partial charge in [0.15, 0.2) is 0 Å². The lowest BCUT2D eigenvalue weighted by Crippen LogP contribution is -2.49. The highest BCUT2D eigenvalue weighted by Crippen LogP contribution is 2.23. The summed E-state index contributed by atoms with van der Waals surface area (Å²) >= 11 is 0. The first kappa shape index (κ1) is 16.1. The summed E-state index contributed by atoms with van der Waals surface area (Å²) in [5.74, 6) is 0.881. The van der Waals surface area contributed by atoms with E-state index in [-0.39, 0.29) is 5.91 Å². The number of halogens is 1. The minimum atomic E-state index is -0.407. The Kier molecular flexibility index (Phi) is 4.26. The fourth-order valence-corrected chi connectivity index (χ4v) is 3.00. The molecule has 0 radical (unpaired) electrons. The lowest BCUT2D eigenvalue weighted by Gasteiger charge is -2.36. The third-order valence-electron chi connectivity index (χ3n) is 4.26. The number of carbonyl (C=O) groups is 1. The fourth-order valence-electron chi connectivity index (χ4n) is 3.00. The summed E-state index contributed by atoms with van der Waals surface area (Å²) in [6, 6.07) is 8.14. The molecule has 5 nitrogen and oxygen atoms in total. The van der Waals surface area contributed by atoms with Crippen LogP contribution in [0.15, 0.2) is 28.7 Å². The molecule has 1 aliphatic rings. The zero-order valence-electron chi connectivity index (χ0n) is 13.7. The quantitative estimate of drug-likeness (QED) is 0.851. The highest BCUT2D eigenvalue weighted by atomic mass is 19.1. The highest BCUT2D eigenvalue weighted by molar-refractivity contribution is 5.95. The van der Waals surface area contributed by atoms with Crippen molar-refractivity contribution < 1.29 is 13.6 Å². The standard InChI is InChI=1S/C18H18FN3O2/c1-12-9-15(13(2)24-12)18(23)22-7-5-21(6-8-22)17-4-3-14(11-20)10-16(17)19/h3-4,9-10H,5-8H2,1-2H3. The number of anilines is 1. The van der Waals surface area contributed by atoms with Crippen LogP contribution in [0.4, 0.5) is 10.1 Å². The maximum Gasteiger partial charge on any atom is 0.257 e. The minimum Gasteiger partial charge on any atom is -0.466 e. The molecule has 0 bridgehead atoms. The average Bonchev–Trinajstić information content (AvgIpc) is 2.92. The Morgan fingerprint density at radius 1 is 1.21 bits per heavy atom. The fraction of sp³-hybridized carbons (Fsp3) is 0.333. The minimum absolute atomic E-state index is 0.0516. The summed E-state index contributed by atoms with van der Waals surface area (Å²) in [4.78, 5) is 16.2. The summed E-state index contributed by atoms with van der Waals surface area (Å²) in [6.45, 7) is 5.72. The van der Waals surface area contributed by atoms with Crippen molar-refractivity contribution >= 4 is 11.6 Å². The molecule has 2 aromatic rings. The topological polar surface area (TPSA) is 60.5 Å². The number of amides is 1. The number of nitriles is 1. The molecule has 1 saturated heterocycles. The van der Waals surface area contributed by atoms with Crippen molar-refractivity contribution in [1.29, 1.82) is 5.26 Å². The Morgan fingerprint density at radius 2 is 1.92 bits per heavy atom. The van der Waals surface area contributed by atoms with Gasteiger partial charge in [-0.05, 0) is 38.1 Å². The van der Waals surface area contributed by atoms with Crippen LogP contribution >= 0.6 is 0 Å². The zero-order valence-corrected chi connectivity index (χ0v) is 13.7. The molecular weight excluding hydrogens is 309 g/mol. The van der Waals surface area contributed by atoms with Gasteiger partial charge in [0.2, 0.25) is 0 Å². The lowest BCUT2D eigenvalue weighted by atomic mass is 10.1. The smallest absolute Gasteiger partial charge is 0.257 e. The number of piperazine rings is 1. The van der Waals surface area contributed by atoms with Gasteiger partial charge in [-0.1, -0.05) is 0 Å². The first-order valence-corrected chi connectivity index (χ1v) is 7.80. The van der Waals surface area contributed by atoms with Crippen molar-refractivity contribution in [2.24, 2.45) is 0 Å². The van der Waals surface area contributed by atoms with Gasteiger partial charge in [-0.25, -0.2) is 4.39 Å². The highest BCUT2D eigenvalue weighted by Gasteiger charge is 2.25. The van der Waals surface area contributed by atoms with E-state index in [1.807, 2.05) is 17.9 Å². The predicted molar refractivity (Wildman–Crippen MR) is 87.4 cm³/mol. The van der Waals surface area contributed by atoms with Crippen molar-refractivity contribution in [3.63, 3.8) is 0 Å². The van der Waals surface area contributed by atoms with E-state index in [4.69, 9.17) is 9.68 Å². The summed E-state index contributed by atoms with van der Waals surface area (Å²) < 4.78 is 19.5. The van der Waals surface area contributed by atoms with Gasteiger partial charge in [-0.2, -0.15) is 5.26 Å². The Morgan fingerprint density at radius 3 is 2.46 bits per heavy atom. The van der Waals surface area contributed by atoms with E-state index in [0.29, 0.717) is 54.5 Å². The van der Waals surface area contributed by atoms with Crippen LogP contribution < -0.4 is 4.90 Å². The van der Waals surface area contributed by atoms with Gasteiger partial charge >= 0.3 is 0 Å². The SMILES string of the molecule is Cc1cc(C(=O)N2CCN(c3ccc(C#N)cc3F)CC2)c(C)o1. The molecule has 0 saturated carbocycles. The first-order valence-electron chi connectivity index (χ1n) is 7.80. The second-order valence-electron chi connectivity index (χ2n) is 5.88. The van der Waals surface area contributed by atoms with Crippen LogP contribution in [0.25, 0.3) is 0 Å². The second-order valence-corrected chi connectivity index (χ2v) is 5.88.